The van der Waals surface area contributed by atoms with Gasteiger partial charge in [-0.15, -0.1) is 0 Å². The number of benzene rings is 7. The van der Waals surface area contributed by atoms with Crippen LogP contribution in [0.3, 0.4) is 0 Å². The van der Waals surface area contributed by atoms with Crippen LogP contribution in [0.1, 0.15) is 88.5 Å². The molecule has 2 fully saturated rings. The molecule has 0 bridgehead atoms. The molecule has 4 aliphatic rings. The van der Waals surface area contributed by atoms with Gasteiger partial charge in [0.05, 0.1) is 0 Å². The van der Waals surface area contributed by atoms with E-state index in [2.05, 4.69) is 183 Å². The van der Waals surface area contributed by atoms with E-state index < -0.39 is 0 Å². The van der Waals surface area contributed by atoms with Gasteiger partial charge < -0.3 is 19.6 Å². The van der Waals surface area contributed by atoms with Crippen molar-refractivity contribution in [1.29, 1.82) is 0 Å². The molecule has 7 aromatic carbocycles. The Balaban J connectivity index is 1.20. The predicted molar refractivity (Wildman–Crippen MR) is 258 cm³/mol. The molecule has 4 aliphatic heterocycles. The molecule has 4 nitrogen and oxygen atoms in total. The second-order valence-corrected chi connectivity index (χ2v) is 19.2. The molecule has 0 aliphatic carbocycles. The average Bonchev–Trinajstić information content (AvgIpc) is 3.29. The van der Waals surface area contributed by atoms with E-state index in [-0.39, 0.29) is 10.8 Å². The number of piperidine rings is 2. The lowest BCUT2D eigenvalue weighted by Crippen LogP contribution is -2.30. The normalized spacial score (nSPS) is 18.0. The van der Waals surface area contributed by atoms with Crippen LogP contribution in [0.4, 0.5) is 34.1 Å². The van der Waals surface area contributed by atoms with E-state index in [0.29, 0.717) is 0 Å². The molecular weight excluding hydrogens is 729 g/mol. The lowest BCUT2D eigenvalue weighted by molar-refractivity contribution is 0.578. The third-order valence-electron chi connectivity index (χ3n) is 15.0. The van der Waals surface area contributed by atoms with Crippen molar-refractivity contribution in [2.45, 2.75) is 77.0 Å². The second kappa shape index (κ2) is 13.9. The zero-order valence-electron chi connectivity index (χ0n) is 36.4. The highest BCUT2D eigenvalue weighted by Crippen LogP contribution is 2.54. The van der Waals surface area contributed by atoms with Gasteiger partial charge >= 0.3 is 0 Å². The lowest BCUT2D eigenvalue weighted by atomic mass is 9.73. The topological polar surface area (TPSA) is 13.0 Å². The van der Waals surface area contributed by atoms with E-state index in [1.165, 1.54) is 139 Å². The van der Waals surface area contributed by atoms with Gasteiger partial charge in [0, 0.05) is 85.2 Å². The van der Waals surface area contributed by atoms with E-state index in [0.717, 1.165) is 26.2 Å². The highest BCUT2D eigenvalue weighted by atomic mass is 15.1. The lowest BCUT2D eigenvalue weighted by Gasteiger charge is -2.40. The van der Waals surface area contributed by atoms with Gasteiger partial charge in [-0.1, -0.05) is 100 Å². The van der Waals surface area contributed by atoms with E-state index in [4.69, 9.17) is 0 Å². The zero-order valence-corrected chi connectivity index (χ0v) is 36.4. The van der Waals surface area contributed by atoms with E-state index in [1.54, 1.807) is 0 Å². The van der Waals surface area contributed by atoms with Gasteiger partial charge in [-0.3, -0.25) is 0 Å². The Morgan fingerprint density at radius 1 is 0.367 bits per heavy atom. The summed E-state index contributed by atoms with van der Waals surface area (Å²) < 4.78 is 0. The maximum Gasteiger partial charge on any atom is 0.0455 e. The summed E-state index contributed by atoms with van der Waals surface area (Å²) in [7, 11) is 4.50. The summed E-state index contributed by atoms with van der Waals surface area (Å²) in [6.07, 6.45) is 7.65. The Hall–Kier alpha value is -5.74. The molecule has 0 N–H and O–H groups in total. The molecule has 4 heterocycles. The smallest absolute Gasteiger partial charge is 0.0455 e. The Kier molecular flexibility index (Phi) is 8.64. The van der Waals surface area contributed by atoms with E-state index in [9.17, 15) is 0 Å². The summed E-state index contributed by atoms with van der Waals surface area (Å²) in [5.41, 5.74) is 18.4. The largest absolute Gasteiger partial charge is 0.372 e. The number of anilines is 6. The molecule has 4 heteroatoms. The Labute approximate surface area is 357 Å². The van der Waals surface area contributed by atoms with Crippen LogP contribution >= 0.6 is 0 Å². The van der Waals surface area contributed by atoms with Gasteiger partial charge in [-0.25, -0.2) is 0 Å². The van der Waals surface area contributed by atoms with E-state index >= 15 is 0 Å². The van der Waals surface area contributed by atoms with Crippen molar-refractivity contribution in [3.05, 3.63) is 144 Å². The Morgan fingerprint density at radius 3 is 1.17 bits per heavy atom. The molecular formula is C56H58N4. The first-order valence-electron chi connectivity index (χ1n) is 22.6. The standard InChI is InChI=1S/C56H58N4/c1-55(2)45-17-9-11-19-49(45)57(5)51-33-37(21-27-47(51)55)53-41-25-23-40(60-31-15-8-16-32-60)36-44(41)54(42-26-24-39(35-43(42)53)59-29-13-7-14-30-59)38-22-28-48-52(34-38)58(6)50-20-12-10-18-46(50)56(48,3)4/h9-12,17-28,33-36H,7-8,13-16,29-32H2,1-6H3. The van der Waals surface area contributed by atoms with Crippen LogP contribution in [-0.2, 0) is 10.8 Å². The molecule has 0 radical (unpaired) electrons. The molecule has 0 spiro atoms. The molecule has 0 atom stereocenters. The fourth-order valence-electron chi connectivity index (χ4n) is 11.6. The van der Waals surface area contributed by atoms with Gasteiger partial charge in [0.2, 0.25) is 0 Å². The summed E-state index contributed by atoms with van der Waals surface area (Å²) in [6.45, 7) is 14.0. The molecule has 7 aromatic rings. The van der Waals surface area contributed by atoms with Crippen LogP contribution in [0.2, 0.25) is 0 Å². The van der Waals surface area contributed by atoms with Crippen molar-refractivity contribution in [1.82, 2.24) is 0 Å². The molecule has 302 valence electrons. The first-order valence-corrected chi connectivity index (χ1v) is 22.6. The summed E-state index contributed by atoms with van der Waals surface area (Å²) in [6, 6.07) is 47.5. The first kappa shape index (κ1) is 37.3. The SMILES string of the molecule is CN1c2ccccc2C(C)(C)c2ccc(-c3c4ccc(N5CCCCC5)cc4c(-c4ccc5c(c4)N(C)c4ccccc4C5(C)C)c4ccc(N5CCCCC5)cc34)cc21. The fraction of sp³-hybridized carbons (Fsp3) is 0.321. The third-order valence-corrected chi connectivity index (χ3v) is 15.0. The van der Waals surface area contributed by atoms with Crippen LogP contribution in [0.25, 0.3) is 43.8 Å². The first-order chi connectivity index (χ1) is 29.1. The van der Waals surface area contributed by atoms with Gasteiger partial charge in [0.25, 0.3) is 0 Å². The van der Waals surface area contributed by atoms with Crippen molar-refractivity contribution >= 4 is 55.7 Å². The van der Waals surface area contributed by atoms with Crippen molar-refractivity contribution in [2.75, 3.05) is 59.9 Å². The van der Waals surface area contributed by atoms with Gasteiger partial charge in [0.1, 0.15) is 0 Å². The maximum atomic E-state index is 2.63. The van der Waals surface area contributed by atoms with Crippen LogP contribution in [0.5, 0.6) is 0 Å². The van der Waals surface area contributed by atoms with E-state index in [1.807, 2.05) is 0 Å². The van der Waals surface area contributed by atoms with Gasteiger partial charge in [0.15, 0.2) is 0 Å². The zero-order chi connectivity index (χ0) is 40.9. The summed E-state index contributed by atoms with van der Waals surface area (Å²) >= 11 is 0. The van der Waals surface area contributed by atoms with Crippen LogP contribution in [0, 0.1) is 0 Å². The number of fused-ring (bicyclic) bond motifs is 6. The third kappa shape index (κ3) is 5.62. The van der Waals surface area contributed by atoms with Crippen LogP contribution < -0.4 is 19.6 Å². The fourth-order valence-corrected chi connectivity index (χ4v) is 11.6. The van der Waals surface area contributed by atoms with Crippen molar-refractivity contribution in [3.8, 4) is 22.3 Å². The molecule has 0 saturated carbocycles. The van der Waals surface area contributed by atoms with Crippen LogP contribution in [-0.4, -0.2) is 40.3 Å². The van der Waals surface area contributed by atoms with Gasteiger partial charge in [-0.2, -0.15) is 0 Å². The van der Waals surface area contributed by atoms with Crippen molar-refractivity contribution < 1.29 is 0 Å². The summed E-state index contributed by atoms with van der Waals surface area (Å²) in [5.74, 6) is 0. The highest BCUT2D eigenvalue weighted by molar-refractivity contribution is 6.22. The Bertz CT molecular complexity index is 2640. The molecule has 0 amide bonds. The maximum absolute atomic E-state index is 2.63. The molecule has 60 heavy (non-hydrogen) atoms. The minimum Gasteiger partial charge on any atom is -0.372 e. The van der Waals surface area contributed by atoms with Gasteiger partial charge in [-0.05, 0) is 153 Å². The average molecular weight is 787 g/mol. The summed E-state index contributed by atoms with van der Waals surface area (Å²) in [4.78, 5) is 10.1. The number of rotatable bonds is 4. The molecule has 2 saturated heterocycles. The number of hydrogen-bond acceptors (Lipinski definition) is 4. The van der Waals surface area contributed by atoms with Crippen molar-refractivity contribution in [3.63, 3.8) is 0 Å². The molecule has 0 aromatic heterocycles. The second-order valence-electron chi connectivity index (χ2n) is 19.2. The number of hydrogen-bond donors (Lipinski definition) is 0. The predicted octanol–water partition coefficient (Wildman–Crippen LogP) is 14.1. The minimum atomic E-state index is -0.107. The monoisotopic (exact) mass is 786 g/mol. The Morgan fingerprint density at radius 2 is 0.750 bits per heavy atom. The van der Waals surface area contributed by atoms with Crippen LogP contribution in [0.15, 0.2) is 121 Å². The highest BCUT2D eigenvalue weighted by Gasteiger charge is 2.37. The summed E-state index contributed by atoms with van der Waals surface area (Å²) in [5, 5.41) is 5.31. The number of para-hydroxylation sites is 2. The van der Waals surface area contributed by atoms with Crippen molar-refractivity contribution in [2.24, 2.45) is 0 Å². The quantitative estimate of drug-likeness (QED) is 0.165. The molecule has 11 rings (SSSR count). The molecule has 0 unspecified atom stereocenters. The minimum absolute atomic E-state index is 0.107. The number of nitrogens with zero attached hydrogens (tertiary/aromatic N) is 4.